The molecule has 0 aromatic heterocycles. The summed E-state index contributed by atoms with van der Waals surface area (Å²) in [4.78, 5) is 16.0. The zero-order chi connectivity index (χ0) is 12.5. The highest BCUT2D eigenvalue weighted by Crippen LogP contribution is 2.00. The first kappa shape index (κ1) is 17.2. The number of carbonyl (C=O) groups excluding carboxylic acids is 1. The molecule has 0 aromatic carbocycles. The lowest BCUT2D eigenvalue weighted by atomic mass is 10.3. The van der Waals surface area contributed by atoms with Gasteiger partial charge in [0.15, 0.2) is 0 Å². The van der Waals surface area contributed by atoms with Crippen LogP contribution in [0, 0.1) is 0 Å². The predicted molar refractivity (Wildman–Crippen MR) is 78.1 cm³/mol. The van der Waals surface area contributed by atoms with Gasteiger partial charge in [0, 0.05) is 52.2 Å². The molecule has 1 N–H and O–H groups in total. The largest absolute Gasteiger partial charge is 0.340 e. The van der Waals surface area contributed by atoms with Crippen molar-refractivity contribution in [3.8, 4) is 0 Å². The van der Waals surface area contributed by atoms with E-state index < -0.39 is 0 Å². The Morgan fingerprint density at radius 3 is 2.28 bits per heavy atom. The predicted octanol–water partition coefficient (Wildman–Crippen LogP) is 0.904. The molecule has 1 saturated heterocycles. The van der Waals surface area contributed by atoms with Gasteiger partial charge in [-0.2, -0.15) is 0 Å². The molecular weight excluding hydrogens is 250 g/mol. The summed E-state index contributed by atoms with van der Waals surface area (Å²) in [6, 6.07) is 0. The Morgan fingerprint density at radius 1 is 1.22 bits per heavy atom. The van der Waals surface area contributed by atoms with Crippen LogP contribution in [0.15, 0.2) is 25.3 Å². The molecule has 1 aliphatic heterocycles. The Balaban J connectivity index is 0.00000289. The van der Waals surface area contributed by atoms with Gasteiger partial charge in [-0.05, 0) is 0 Å². The Morgan fingerprint density at radius 2 is 1.78 bits per heavy atom. The molecular formula is C13H24ClN3O. The first-order valence-corrected chi connectivity index (χ1v) is 6.20. The number of halogens is 1. The van der Waals surface area contributed by atoms with Gasteiger partial charge in [0.25, 0.3) is 0 Å². The van der Waals surface area contributed by atoms with Gasteiger partial charge in [-0.3, -0.25) is 9.69 Å². The zero-order valence-corrected chi connectivity index (χ0v) is 11.8. The van der Waals surface area contributed by atoms with Crippen molar-refractivity contribution in [1.82, 2.24) is 15.1 Å². The van der Waals surface area contributed by atoms with Crippen LogP contribution in [0.3, 0.4) is 0 Å². The fourth-order valence-electron chi connectivity index (χ4n) is 1.95. The summed E-state index contributed by atoms with van der Waals surface area (Å²) in [5, 5.41) is 3.24. The van der Waals surface area contributed by atoms with Crippen LogP contribution in [0.1, 0.15) is 6.42 Å². The van der Waals surface area contributed by atoms with Crippen molar-refractivity contribution in [3.05, 3.63) is 25.3 Å². The number of rotatable bonds is 7. The smallest absolute Gasteiger partial charge is 0.223 e. The number of piperazine rings is 1. The lowest BCUT2D eigenvalue weighted by molar-refractivity contribution is -0.132. The van der Waals surface area contributed by atoms with Gasteiger partial charge in [0.1, 0.15) is 0 Å². The van der Waals surface area contributed by atoms with E-state index in [1.54, 1.807) is 0 Å². The Bertz CT molecular complexity index is 255. The Labute approximate surface area is 116 Å². The van der Waals surface area contributed by atoms with Gasteiger partial charge in [-0.25, -0.2) is 0 Å². The summed E-state index contributed by atoms with van der Waals surface area (Å²) in [6.07, 6.45) is 4.30. The molecule has 0 aliphatic carbocycles. The van der Waals surface area contributed by atoms with E-state index in [2.05, 4.69) is 23.4 Å². The molecule has 0 unspecified atom stereocenters. The third-order valence-corrected chi connectivity index (χ3v) is 2.89. The van der Waals surface area contributed by atoms with Crippen LogP contribution in [-0.2, 0) is 4.79 Å². The van der Waals surface area contributed by atoms with Crippen molar-refractivity contribution in [2.24, 2.45) is 0 Å². The van der Waals surface area contributed by atoms with Gasteiger partial charge in [0.2, 0.25) is 5.91 Å². The van der Waals surface area contributed by atoms with E-state index in [1.807, 2.05) is 17.1 Å². The number of hydrogen-bond donors (Lipinski definition) is 1. The van der Waals surface area contributed by atoms with E-state index in [1.165, 1.54) is 0 Å². The van der Waals surface area contributed by atoms with Crippen LogP contribution in [0.2, 0.25) is 0 Å². The molecule has 0 saturated carbocycles. The maximum atomic E-state index is 11.9. The summed E-state index contributed by atoms with van der Waals surface area (Å²) in [6.45, 7) is 13.3. The molecule has 0 bridgehead atoms. The molecule has 0 atom stereocenters. The van der Waals surface area contributed by atoms with Gasteiger partial charge >= 0.3 is 0 Å². The second-order valence-corrected chi connectivity index (χ2v) is 4.22. The van der Waals surface area contributed by atoms with Crippen LogP contribution < -0.4 is 5.32 Å². The topological polar surface area (TPSA) is 35.6 Å². The SMILES string of the molecule is C=CCN(CC=C)CCC(=O)N1CCNCC1.Cl. The second-order valence-electron chi connectivity index (χ2n) is 4.22. The highest BCUT2D eigenvalue weighted by molar-refractivity contribution is 5.85. The van der Waals surface area contributed by atoms with E-state index in [-0.39, 0.29) is 18.3 Å². The maximum Gasteiger partial charge on any atom is 0.223 e. The highest BCUT2D eigenvalue weighted by Gasteiger charge is 2.16. The fraction of sp³-hybridized carbons (Fsp3) is 0.615. The molecule has 1 amide bonds. The minimum Gasteiger partial charge on any atom is -0.340 e. The van der Waals surface area contributed by atoms with Crippen LogP contribution in [0.5, 0.6) is 0 Å². The fourth-order valence-corrected chi connectivity index (χ4v) is 1.95. The second kappa shape index (κ2) is 10.1. The minimum atomic E-state index is 0. The van der Waals surface area contributed by atoms with Gasteiger partial charge in [0.05, 0.1) is 0 Å². The molecule has 1 heterocycles. The van der Waals surface area contributed by atoms with Crippen molar-refractivity contribution in [1.29, 1.82) is 0 Å². The van der Waals surface area contributed by atoms with Crippen LogP contribution >= 0.6 is 12.4 Å². The molecule has 1 aliphatic rings. The molecule has 18 heavy (non-hydrogen) atoms. The van der Waals surface area contributed by atoms with Crippen molar-refractivity contribution in [2.45, 2.75) is 6.42 Å². The quantitative estimate of drug-likeness (QED) is 0.701. The summed E-state index contributed by atoms with van der Waals surface area (Å²) in [7, 11) is 0. The summed E-state index contributed by atoms with van der Waals surface area (Å²) in [5.41, 5.74) is 0. The average molecular weight is 274 g/mol. The van der Waals surface area contributed by atoms with E-state index in [0.29, 0.717) is 6.42 Å². The molecule has 0 radical (unpaired) electrons. The Hall–Kier alpha value is -0.840. The molecule has 104 valence electrons. The number of amides is 1. The first-order valence-electron chi connectivity index (χ1n) is 6.20. The molecule has 0 aromatic rings. The lowest BCUT2D eigenvalue weighted by Gasteiger charge is -2.28. The normalized spacial score (nSPS) is 15.1. The summed E-state index contributed by atoms with van der Waals surface area (Å²) in [5.74, 6) is 0.254. The van der Waals surface area contributed by atoms with Crippen LogP contribution in [0.4, 0.5) is 0 Å². The van der Waals surface area contributed by atoms with E-state index in [0.717, 1.165) is 45.8 Å². The zero-order valence-electron chi connectivity index (χ0n) is 10.9. The molecule has 1 rings (SSSR count). The number of hydrogen-bond acceptors (Lipinski definition) is 3. The maximum absolute atomic E-state index is 11.9. The molecule has 5 heteroatoms. The molecule has 4 nitrogen and oxygen atoms in total. The Kier molecular flexibility index (Phi) is 9.64. The third-order valence-electron chi connectivity index (χ3n) is 2.89. The summed E-state index contributed by atoms with van der Waals surface area (Å²) >= 11 is 0. The number of carbonyl (C=O) groups is 1. The van der Waals surface area contributed by atoms with Crippen molar-refractivity contribution < 1.29 is 4.79 Å². The molecule has 1 fully saturated rings. The van der Waals surface area contributed by atoms with Crippen molar-refractivity contribution in [2.75, 3.05) is 45.8 Å². The minimum absolute atomic E-state index is 0. The van der Waals surface area contributed by atoms with Gasteiger partial charge in [-0.15, -0.1) is 25.6 Å². The van der Waals surface area contributed by atoms with Crippen LogP contribution in [0.25, 0.3) is 0 Å². The molecule has 0 spiro atoms. The third kappa shape index (κ3) is 6.19. The number of nitrogens with zero attached hydrogens (tertiary/aromatic N) is 2. The van der Waals surface area contributed by atoms with Crippen molar-refractivity contribution >= 4 is 18.3 Å². The van der Waals surface area contributed by atoms with E-state index in [9.17, 15) is 4.79 Å². The lowest BCUT2D eigenvalue weighted by Crippen LogP contribution is -2.47. The van der Waals surface area contributed by atoms with Crippen molar-refractivity contribution in [3.63, 3.8) is 0 Å². The average Bonchev–Trinajstić information content (AvgIpc) is 2.37. The highest BCUT2D eigenvalue weighted by atomic mass is 35.5. The van der Waals surface area contributed by atoms with E-state index in [4.69, 9.17) is 0 Å². The van der Waals surface area contributed by atoms with Gasteiger partial charge < -0.3 is 10.2 Å². The first-order chi connectivity index (χ1) is 8.27. The van der Waals surface area contributed by atoms with Gasteiger partial charge in [-0.1, -0.05) is 12.2 Å². The monoisotopic (exact) mass is 273 g/mol. The standard InChI is InChI=1S/C13H23N3O.ClH/c1-3-8-15(9-4-2)10-5-13(17)16-11-6-14-7-12-16;/h3-4,14H,1-2,5-12H2;1H. The summed E-state index contributed by atoms with van der Waals surface area (Å²) < 4.78 is 0. The van der Waals surface area contributed by atoms with E-state index >= 15 is 0 Å². The van der Waals surface area contributed by atoms with Crippen LogP contribution in [-0.4, -0.2) is 61.5 Å². The number of nitrogens with one attached hydrogen (secondary N) is 1.